The standard InChI is InChI=1S/C78H50N6/c1-7-19-51(20-8-1)57-31-37-70-64(43-57)65-44-58(52-21-9-2-10-22-52)32-38-71(65)82(70)61-35-41-74-68(47-61)69-48-62(83-72-39-33-59(53-23-11-3-12-24-53)45-66(72)67-46-60(34-40-73(67)83)54-25-13-4-14-26-54)36-42-75(69)84(74)63-49-79-78-80-76(55-27-15-5-16-28-55)77(81(78)50-63)56-29-17-6-18-30-56/h1-50H. The summed E-state index contributed by atoms with van der Waals surface area (Å²) in [5.41, 5.74) is 23.3. The third-order valence-electron chi connectivity index (χ3n) is 17.0. The highest BCUT2D eigenvalue weighted by Gasteiger charge is 2.23. The third-order valence-corrected chi connectivity index (χ3v) is 17.0. The quantitative estimate of drug-likeness (QED) is 0.145. The van der Waals surface area contributed by atoms with Crippen molar-refractivity contribution in [3.63, 3.8) is 0 Å². The first kappa shape index (κ1) is 47.5. The summed E-state index contributed by atoms with van der Waals surface area (Å²) in [7, 11) is 0. The van der Waals surface area contributed by atoms with Crippen molar-refractivity contribution in [3.05, 3.63) is 304 Å². The van der Waals surface area contributed by atoms with Crippen LogP contribution in [0.5, 0.6) is 0 Å². The zero-order valence-electron chi connectivity index (χ0n) is 45.6. The fourth-order valence-corrected chi connectivity index (χ4v) is 13.1. The molecule has 0 fully saturated rings. The summed E-state index contributed by atoms with van der Waals surface area (Å²) >= 11 is 0. The van der Waals surface area contributed by atoms with Crippen LogP contribution in [0.25, 0.3) is 155 Å². The van der Waals surface area contributed by atoms with Crippen LogP contribution < -0.4 is 0 Å². The number of hydrogen-bond acceptors (Lipinski definition) is 2. The van der Waals surface area contributed by atoms with E-state index in [1.54, 1.807) is 0 Å². The maximum absolute atomic E-state index is 5.21. The van der Waals surface area contributed by atoms with E-state index >= 15 is 0 Å². The zero-order chi connectivity index (χ0) is 55.2. The van der Waals surface area contributed by atoms with Crippen molar-refractivity contribution in [2.24, 2.45) is 0 Å². The Morgan fingerprint density at radius 2 is 0.536 bits per heavy atom. The van der Waals surface area contributed by atoms with Gasteiger partial charge in [0.15, 0.2) is 0 Å². The van der Waals surface area contributed by atoms with Crippen molar-refractivity contribution >= 4 is 71.2 Å². The van der Waals surface area contributed by atoms with E-state index in [4.69, 9.17) is 9.97 Å². The molecule has 0 saturated carbocycles. The SMILES string of the molecule is c1ccc(-c2ccc3c(c2)c2cc(-c4ccccc4)ccc2n3-c2ccc3c(c2)c2cc(-n4c5ccc(-c6ccccc6)cc5c5cc(-c6ccccc6)ccc54)ccc2n3-c2cnc3nc(-c4ccccc4)c(-c4ccccc4)n3c2)cc1. The molecule has 0 saturated heterocycles. The topological polar surface area (TPSA) is 45.0 Å². The van der Waals surface area contributed by atoms with Crippen LogP contribution in [0.3, 0.4) is 0 Å². The largest absolute Gasteiger partial charge is 0.309 e. The van der Waals surface area contributed by atoms with Gasteiger partial charge in [-0.15, -0.1) is 0 Å². The van der Waals surface area contributed by atoms with Gasteiger partial charge in [-0.05, 0) is 129 Å². The molecular formula is C78H50N6. The van der Waals surface area contributed by atoms with Gasteiger partial charge in [-0.2, -0.15) is 0 Å². The van der Waals surface area contributed by atoms with Gasteiger partial charge in [-0.3, -0.25) is 4.40 Å². The van der Waals surface area contributed by atoms with Crippen LogP contribution in [0.2, 0.25) is 0 Å². The van der Waals surface area contributed by atoms with E-state index in [1.165, 1.54) is 66.1 Å². The summed E-state index contributed by atoms with van der Waals surface area (Å²) < 4.78 is 9.47. The summed E-state index contributed by atoms with van der Waals surface area (Å²) in [4.78, 5) is 10.4. The van der Waals surface area contributed by atoms with E-state index in [-0.39, 0.29) is 0 Å². The Labute approximate surface area is 484 Å². The molecule has 17 aromatic rings. The van der Waals surface area contributed by atoms with E-state index in [0.29, 0.717) is 5.78 Å². The monoisotopic (exact) mass is 1070 g/mol. The molecule has 0 radical (unpaired) electrons. The molecule has 5 aromatic heterocycles. The minimum atomic E-state index is 0.635. The van der Waals surface area contributed by atoms with Crippen LogP contribution in [0.4, 0.5) is 0 Å². The van der Waals surface area contributed by atoms with E-state index in [2.05, 4.69) is 309 Å². The minimum Gasteiger partial charge on any atom is -0.309 e. The second-order valence-corrected chi connectivity index (χ2v) is 21.8. The lowest BCUT2D eigenvalue weighted by Crippen LogP contribution is -2.00. The number of rotatable bonds is 9. The Bertz CT molecular complexity index is 4940. The molecule has 0 spiro atoms. The highest BCUT2D eigenvalue weighted by atomic mass is 15.1. The average molecular weight is 1070 g/mol. The molecule has 84 heavy (non-hydrogen) atoms. The molecule has 6 nitrogen and oxygen atoms in total. The van der Waals surface area contributed by atoms with Crippen molar-refractivity contribution < 1.29 is 0 Å². The van der Waals surface area contributed by atoms with Gasteiger partial charge in [0, 0.05) is 61.0 Å². The summed E-state index contributed by atoms with van der Waals surface area (Å²) in [6.45, 7) is 0. The molecule has 0 N–H and O–H groups in total. The number of aromatic nitrogens is 6. The van der Waals surface area contributed by atoms with E-state index in [0.717, 1.165) is 83.4 Å². The van der Waals surface area contributed by atoms with Crippen LogP contribution in [0, 0.1) is 0 Å². The lowest BCUT2D eigenvalue weighted by Gasteiger charge is -2.12. The fraction of sp³-hybridized carbons (Fsp3) is 0. The Balaban J connectivity index is 0.925. The summed E-state index contributed by atoms with van der Waals surface area (Å²) in [6, 6.07) is 106. The number of hydrogen-bond donors (Lipinski definition) is 0. The molecule has 392 valence electrons. The van der Waals surface area contributed by atoms with Gasteiger partial charge in [0.05, 0.1) is 56.4 Å². The van der Waals surface area contributed by atoms with Gasteiger partial charge in [-0.25, -0.2) is 9.97 Å². The number of fused-ring (bicyclic) bond motifs is 10. The first-order valence-corrected chi connectivity index (χ1v) is 28.6. The molecule has 0 aliphatic heterocycles. The molecule has 0 aliphatic rings. The second-order valence-electron chi connectivity index (χ2n) is 21.8. The number of nitrogens with zero attached hydrogens (tertiary/aromatic N) is 6. The van der Waals surface area contributed by atoms with Crippen molar-refractivity contribution in [1.82, 2.24) is 28.1 Å². The highest BCUT2D eigenvalue weighted by molar-refractivity contribution is 6.15. The molecule has 0 aliphatic carbocycles. The summed E-state index contributed by atoms with van der Waals surface area (Å²) in [6.07, 6.45) is 4.20. The van der Waals surface area contributed by atoms with E-state index < -0.39 is 0 Å². The van der Waals surface area contributed by atoms with Crippen molar-refractivity contribution in [1.29, 1.82) is 0 Å². The molecule has 0 bridgehead atoms. The van der Waals surface area contributed by atoms with Crippen molar-refractivity contribution in [2.45, 2.75) is 0 Å². The smallest absolute Gasteiger partial charge is 0.234 e. The molecule has 12 aromatic carbocycles. The molecule has 0 unspecified atom stereocenters. The normalized spacial score (nSPS) is 11.8. The van der Waals surface area contributed by atoms with Gasteiger partial charge in [0.1, 0.15) is 0 Å². The van der Waals surface area contributed by atoms with Gasteiger partial charge in [-0.1, -0.05) is 206 Å². The third kappa shape index (κ3) is 7.65. The molecule has 6 heteroatoms. The second kappa shape index (κ2) is 19.2. The summed E-state index contributed by atoms with van der Waals surface area (Å²) in [5, 5.41) is 7.06. The summed E-state index contributed by atoms with van der Waals surface area (Å²) in [5.74, 6) is 0.635. The van der Waals surface area contributed by atoms with Gasteiger partial charge < -0.3 is 13.7 Å². The molecule has 5 heterocycles. The predicted molar refractivity (Wildman–Crippen MR) is 349 cm³/mol. The van der Waals surface area contributed by atoms with Crippen LogP contribution >= 0.6 is 0 Å². The Hall–Kier alpha value is -11.3. The molecule has 17 rings (SSSR count). The van der Waals surface area contributed by atoms with Crippen LogP contribution in [0.1, 0.15) is 0 Å². The molecular weight excluding hydrogens is 1020 g/mol. The Morgan fingerprint density at radius 1 is 0.238 bits per heavy atom. The minimum absolute atomic E-state index is 0.635. The Kier molecular flexibility index (Phi) is 10.8. The predicted octanol–water partition coefficient (Wildman–Crippen LogP) is 20.0. The van der Waals surface area contributed by atoms with Crippen molar-refractivity contribution in [2.75, 3.05) is 0 Å². The number of imidazole rings is 1. The zero-order valence-corrected chi connectivity index (χ0v) is 45.6. The maximum Gasteiger partial charge on any atom is 0.234 e. The fourth-order valence-electron chi connectivity index (χ4n) is 13.1. The van der Waals surface area contributed by atoms with Gasteiger partial charge >= 0.3 is 0 Å². The van der Waals surface area contributed by atoms with Crippen LogP contribution in [-0.4, -0.2) is 28.1 Å². The first-order valence-electron chi connectivity index (χ1n) is 28.6. The van der Waals surface area contributed by atoms with Gasteiger partial charge in [0.2, 0.25) is 5.78 Å². The average Bonchev–Trinajstić information content (AvgIpc) is 3.31. The maximum atomic E-state index is 5.21. The van der Waals surface area contributed by atoms with E-state index in [1.807, 2.05) is 12.3 Å². The Morgan fingerprint density at radius 3 is 0.893 bits per heavy atom. The highest BCUT2D eigenvalue weighted by Crippen LogP contribution is 2.43. The van der Waals surface area contributed by atoms with Crippen LogP contribution in [0.15, 0.2) is 304 Å². The first-order chi connectivity index (χ1) is 41.6. The lowest BCUT2D eigenvalue weighted by atomic mass is 10.0. The van der Waals surface area contributed by atoms with Gasteiger partial charge in [0.25, 0.3) is 0 Å². The van der Waals surface area contributed by atoms with Crippen molar-refractivity contribution in [3.8, 4) is 84.1 Å². The number of benzene rings is 12. The van der Waals surface area contributed by atoms with Crippen LogP contribution in [-0.2, 0) is 0 Å². The lowest BCUT2D eigenvalue weighted by molar-refractivity contribution is 1.05. The molecule has 0 atom stereocenters. The molecule has 0 amide bonds. The van der Waals surface area contributed by atoms with E-state index in [9.17, 15) is 0 Å².